The van der Waals surface area contributed by atoms with E-state index in [9.17, 15) is 0 Å². The third kappa shape index (κ3) is 4.21. The van der Waals surface area contributed by atoms with Crippen molar-refractivity contribution >= 4 is 15.9 Å². The molecule has 0 aliphatic carbocycles. The van der Waals surface area contributed by atoms with Crippen molar-refractivity contribution in [3.05, 3.63) is 51.0 Å². The van der Waals surface area contributed by atoms with Crippen LogP contribution in [0, 0.1) is 32.1 Å². The molecule has 0 radical (unpaired) electrons. The number of aryl methyl sites for hydroxylation is 2. The highest BCUT2D eigenvalue weighted by molar-refractivity contribution is 9.10. The van der Waals surface area contributed by atoms with Crippen LogP contribution in [-0.2, 0) is 0 Å². The standard InChI is InChI=1S/C19H20BrNO3/c1-12-7-13(2)14(3)17(8-12)23-5-6-24-19-16(20)9-15(11-21)10-18(19)22-4/h7-10H,5-6H2,1-4H3. The van der Waals surface area contributed by atoms with E-state index in [0.29, 0.717) is 34.7 Å². The predicted octanol–water partition coefficient (Wildman–Crippen LogP) is 4.71. The van der Waals surface area contributed by atoms with E-state index in [-0.39, 0.29) is 0 Å². The number of methoxy groups -OCH3 is 1. The molecule has 0 saturated heterocycles. The molecule has 0 aromatic heterocycles. The Labute approximate surface area is 151 Å². The number of nitriles is 1. The fourth-order valence-electron chi connectivity index (χ4n) is 2.37. The van der Waals surface area contributed by atoms with Gasteiger partial charge in [0.05, 0.1) is 23.2 Å². The molecule has 0 heterocycles. The Morgan fingerprint density at radius 1 is 1.00 bits per heavy atom. The van der Waals surface area contributed by atoms with Gasteiger partial charge >= 0.3 is 0 Å². The molecule has 2 aromatic rings. The van der Waals surface area contributed by atoms with Crippen molar-refractivity contribution in [3.8, 4) is 23.3 Å². The van der Waals surface area contributed by atoms with Crippen LogP contribution in [0.3, 0.4) is 0 Å². The molecule has 0 aliphatic heterocycles. The Balaban J connectivity index is 2.02. The van der Waals surface area contributed by atoms with Gasteiger partial charge in [0.1, 0.15) is 19.0 Å². The maximum absolute atomic E-state index is 9.00. The van der Waals surface area contributed by atoms with E-state index >= 15 is 0 Å². The topological polar surface area (TPSA) is 51.5 Å². The molecule has 0 aliphatic rings. The second kappa shape index (κ2) is 8.07. The van der Waals surface area contributed by atoms with Gasteiger partial charge in [0.15, 0.2) is 11.5 Å². The van der Waals surface area contributed by atoms with E-state index in [1.165, 1.54) is 11.1 Å². The van der Waals surface area contributed by atoms with Gasteiger partial charge in [0.2, 0.25) is 0 Å². The number of hydrogen-bond acceptors (Lipinski definition) is 4. The smallest absolute Gasteiger partial charge is 0.175 e. The maximum Gasteiger partial charge on any atom is 0.175 e. The minimum Gasteiger partial charge on any atom is -0.493 e. The van der Waals surface area contributed by atoms with Crippen LogP contribution in [0.2, 0.25) is 0 Å². The van der Waals surface area contributed by atoms with Crippen LogP contribution in [0.4, 0.5) is 0 Å². The predicted molar refractivity (Wildman–Crippen MR) is 97.1 cm³/mol. The highest BCUT2D eigenvalue weighted by Crippen LogP contribution is 2.36. The van der Waals surface area contributed by atoms with Gasteiger partial charge in [-0.25, -0.2) is 0 Å². The lowest BCUT2D eigenvalue weighted by Gasteiger charge is -2.15. The summed E-state index contributed by atoms with van der Waals surface area (Å²) in [5, 5.41) is 9.00. The molecule has 0 bridgehead atoms. The second-order valence-corrected chi connectivity index (χ2v) is 6.36. The molecule has 0 unspecified atom stereocenters. The summed E-state index contributed by atoms with van der Waals surface area (Å²) < 4.78 is 17.6. The Morgan fingerprint density at radius 2 is 1.71 bits per heavy atom. The van der Waals surface area contributed by atoms with Crippen molar-refractivity contribution in [2.24, 2.45) is 0 Å². The van der Waals surface area contributed by atoms with Gasteiger partial charge in [0, 0.05) is 6.07 Å². The quantitative estimate of drug-likeness (QED) is 0.671. The average molecular weight is 390 g/mol. The SMILES string of the molecule is COc1cc(C#N)cc(Br)c1OCCOc1cc(C)cc(C)c1C. The lowest BCUT2D eigenvalue weighted by Crippen LogP contribution is -2.11. The van der Waals surface area contributed by atoms with Crippen molar-refractivity contribution in [2.45, 2.75) is 20.8 Å². The van der Waals surface area contributed by atoms with Crippen molar-refractivity contribution in [3.63, 3.8) is 0 Å². The molecule has 126 valence electrons. The van der Waals surface area contributed by atoms with Crippen LogP contribution in [0.5, 0.6) is 17.2 Å². The van der Waals surface area contributed by atoms with Gasteiger partial charge in [0.25, 0.3) is 0 Å². The number of benzene rings is 2. The lowest BCUT2D eigenvalue weighted by atomic mass is 10.1. The first kappa shape index (κ1) is 18.2. The highest BCUT2D eigenvalue weighted by atomic mass is 79.9. The Bertz CT molecular complexity index is 781. The summed E-state index contributed by atoms with van der Waals surface area (Å²) in [6.45, 7) is 6.96. The van der Waals surface area contributed by atoms with E-state index in [4.69, 9.17) is 19.5 Å². The molecule has 5 heteroatoms. The molecule has 0 N–H and O–H groups in total. The first-order valence-electron chi connectivity index (χ1n) is 7.57. The summed E-state index contributed by atoms with van der Waals surface area (Å²) in [5.41, 5.74) is 4.03. The summed E-state index contributed by atoms with van der Waals surface area (Å²) in [7, 11) is 1.55. The molecule has 0 fully saturated rings. The number of hydrogen-bond donors (Lipinski definition) is 0. The van der Waals surface area contributed by atoms with Crippen LogP contribution < -0.4 is 14.2 Å². The third-order valence-corrected chi connectivity index (χ3v) is 4.30. The van der Waals surface area contributed by atoms with Gasteiger partial charge < -0.3 is 14.2 Å². The lowest BCUT2D eigenvalue weighted by molar-refractivity contribution is 0.209. The highest BCUT2D eigenvalue weighted by Gasteiger charge is 2.12. The summed E-state index contributed by atoms with van der Waals surface area (Å²) in [6, 6.07) is 9.60. The molecule has 2 rings (SSSR count). The molecule has 4 nitrogen and oxygen atoms in total. The minimum absolute atomic E-state index is 0.368. The summed E-state index contributed by atoms with van der Waals surface area (Å²) >= 11 is 3.41. The van der Waals surface area contributed by atoms with Gasteiger partial charge in [-0.15, -0.1) is 0 Å². The monoisotopic (exact) mass is 389 g/mol. The molecule has 0 saturated carbocycles. The first-order chi connectivity index (χ1) is 11.5. The largest absolute Gasteiger partial charge is 0.493 e. The fraction of sp³-hybridized carbons (Fsp3) is 0.316. The number of rotatable bonds is 6. The van der Waals surface area contributed by atoms with Crippen molar-refractivity contribution in [1.82, 2.24) is 0 Å². The van der Waals surface area contributed by atoms with Gasteiger partial charge in [-0.1, -0.05) is 6.07 Å². The number of ether oxygens (including phenoxy) is 3. The molecule has 24 heavy (non-hydrogen) atoms. The van der Waals surface area contributed by atoms with E-state index in [0.717, 1.165) is 11.3 Å². The molecule has 0 atom stereocenters. The van der Waals surface area contributed by atoms with Crippen LogP contribution in [0.1, 0.15) is 22.3 Å². The van der Waals surface area contributed by atoms with Crippen LogP contribution in [0.15, 0.2) is 28.7 Å². The second-order valence-electron chi connectivity index (χ2n) is 5.50. The minimum atomic E-state index is 0.368. The molecular weight excluding hydrogens is 370 g/mol. The normalized spacial score (nSPS) is 10.2. The molecule has 0 spiro atoms. The Hall–Kier alpha value is -2.19. The first-order valence-corrected chi connectivity index (χ1v) is 8.36. The summed E-state index contributed by atoms with van der Waals surface area (Å²) in [6.07, 6.45) is 0. The Morgan fingerprint density at radius 3 is 2.38 bits per heavy atom. The van der Waals surface area contributed by atoms with Crippen molar-refractivity contribution in [2.75, 3.05) is 20.3 Å². The van der Waals surface area contributed by atoms with Gasteiger partial charge in [-0.3, -0.25) is 0 Å². The van der Waals surface area contributed by atoms with Gasteiger partial charge in [-0.05, 0) is 65.5 Å². The summed E-state index contributed by atoms with van der Waals surface area (Å²) in [5.74, 6) is 1.96. The number of nitrogens with zero attached hydrogens (tertiary/aromatic N) is 1. The van der Waals surface area contributed by atoms with Gasteiger partial charge in [-0.2, -0.15) is 5.26 Å². The van der Waals surface area contributed by atoms with Crippen LogP contribution >= 0.6 is 15.9 Å². The Kier molecular flexibility index (Phi) is 6.10. The maximum atomic E-state index is 9.00. The van der Waals surface area contributed by atoms with E-state index in [2.05, 4.69) is 41.9 Å². The molecule has 2 aromatic carbocycles. The van der Waals surface area contributed by atoms with E-state index in [1.807, 2.05) is 13.0 Å². The van der Waals surface area contributed by atoms with E-state index in [1.54, 1.807) is 19.2 Å². The van der Waals surface area contributed by atoms with E-state index < -0.39 is 0 Å². The number of halogens is 1. The molecular formula is C19H20BrNO3. The summed E-state index contributed by atoms with van der Waals surface area (Å²) in [4.78, 5) is 0. The van der Waals surface area contributed by atoms with Crippen molar-refractivity contribution in [1.29, 1.82) is 5.26 Å². The fourth-order valence-corrected chi connectivity index (χ4v) is 2.93. The van der Waals surface area contributed by atoms with Crippen molar-refractivity contribution < 1.29 is 14.2 Å². The van der Waals surface area contributed by atoms with Crippen LogP contribution in [-0.4, -0.2) is 20.3 Å². The van der Waals surface area contributed by atoms with Crippen LogP contribution in [0.25, 0.3) is 0 Å². The third-order valence-electron chi connectivity index (χ3n) is 3.71. The zero-order valence-corrected chi connectivity index (χ0v) is 15.9. The average Bonchev–Trinajstić information content (AvgIpc) is 2.56. The molecule has 0 amide bonds. The zero-order chi connectivity index (χ0) is 17.7. The zero-order valence-electron chi connectivity index (χ0n) is 14.3.